The molecule has 1 fully saturated rings. The first-order valence-corrected chi connectivity index (χ1v) is 8.67. The molecule has 0 spiro atoms. The van der Waals surface area contributed by atoms with Crippen LogP contribution in [0.4, 0.5) is 0 Å². The molecule has 3 rings (SSSR count). The van der Waals surface area contributed by atoms with Gasteiger partial charge in [0.1, 0.15) is 5.82 Å². The first-order chi connectivity index (χ1) is 9.26. The maximum absolute atomic E-state index is 12.1. The van der Waals surface area contributed by atoms with Crippen molar-refractivity contribution in [2.24, 2.45) is 5.41 Å². The summed E-state index contributed by atoms with van der Waals surface area (Å²) < 4.78 is 23.1. The van der Waals surface area contributed by atoms with Crippen LogP contribution in [0.5, 0.6) is 0 Å². The van der Waals surface area contributed by atoms with Gasteiger partial charge in [0.25, 0.3) is 0 Å². The topological polar surface area (TPSA) is 77.0 Å². The molecule has 1 atom stereocenters. The predicted molar refractivity (Wildman–Crippen MR) is 74.5 cm³/mol. The summed E-state index contributed by atoms with van der Waals surface area (Å²) in [4.78, 5) is 20.8. The van der Waals surface area contributed by atoms with Crippen molar-refractivity contribution in [1.82, 2.24) is 9.97 Å². The van der Waals surface area contributed by atoms with Crippen LogP contribution in [0.1, 0.15) is 54.5 Å². The van der Waals surface area contributed by atoms with Gasteiger partial charge in [-0.3, -0.25) is 4.79 Å². The fourth-order valence-corrected chi connectivity index (χ4v) is 4.78. The highest BCUT2D eigenvalue weighted by Gasteiger charge is 2.35. The molecular weight excluding hydrogens is 276 g/mol. The summed E-state index contributed by atoms with van der Waals surface area (Å²) in [5, 5.41) is 0. The number of carbonyl (C=O) groups is 1. The highest BCUT2D eigenvalue weighted by molar-refractivity contribution is 7.91. The van der Waals surface area contributed by atoms with E-state index < -0.39 is 9.84 Å². The summed E-state index contributed by atoms with van der Waals surface area (Å²) >= 11 is 0. The lowest BCUT2D eigenvalue weighted by atomic mass is 9.76. The van der Waals surface area contributed by atoms with Crippen molar-refractivity contribution in [3.8, 4) is 0 Å². The van der Waals surface area contributed by atoms with Crippen LogP contribution in [-0.4, -0.2) is 35.7 Å². The molecule has 5 nitrogen and oxygen atoms in total. The third-order valence-electron chi connectivity index (χ3n) is 4.07. The normalized spacial score (nSPS) is 27.3. The van der Waals surface area contributed by atoms with Gasteiger partial charge in [-0.25, -0.2) is 18.4 Å². The minimum absolute atomic E-state index is 0.0850. The van der Waals surface area contributed by atoms with Gasteiger partial charge in [-0.2, -0.15) is 0 Å². The summed E-state index contributed by atoms with van der Waals surface area (Å²) in [6.07, 6.45) is 3.42. The Labute approximate surface area is 118 Å². The third-order valence-corrected chi connectivity index (χ3v) is 5.84. The van der Waals surface area contributed by atoms with Gasteiger partial charge < -0.3 is 0 Å². The van der Waals surface area contributed by atoms with Crippen molar-refractivity contribution in [3.05, 3.63) is 23.3 Å². The van der Waals surface area contributed by atoms with Crippen LogP contribution < -0.4 is 0 Å². The smallest absolute Gasteiger partial charge is 0.166 e. The van der Waals surface area contributed by atoms with E-state index in [0.717, 1.165) is 12.1 Å². The van der Waals surface area contributed by atoms with Gasteiger partial charge in [0.2, 0.25) is 0 Å². The zero-order valence-electron chi connectivity index (χ0n) is 11.7. The summed E-state index contributed by atoms with van der Waals surface area (Å²) in [6, 6.07) is 0. The zero-order chi connectivity index (χ0) is 14.5. The first-order valence-electron chi connectivity index (χ1n) is 6.85. The fraction of sp³-hybridized carbons (Fsp3) is 0.643. The monoisotopic (exact) mass is 294 g/mol. The highest BCUT2D eigenvalue weighted by atomic mass is 32.2. The van der Waals surface area contributed by atoms with E-state index in [0.29, 0.717) is 24.2 Å². The second-order valence-electron chi connectivity index (χ2n) is 6.63. The third kappa shape index (κ3) is 2.49. The van der Waals surface area contributed by atoms with Crippen molar-refractivity contribution >= 4 is 15.6 Å². The van der Waals surface area contributed by atoms with E-state index in [1.54, 1.807) is 6.20 Å². The Morgan fingerprint density at radius 1 is 1.30 bits per heavy atom. The second kappa shape index (κ2) is 4.35. The number of ketones is 1. The average molecular weight is 294 g/mol. The molecule has 1 unspecified atom stereocenters. The minimum Gasteiger partial charge on any atom is -0.294 e. The van der Waals surface area contributed by atoms with Crippen LogP contribution in [0.3, 0.4) is 0 Å². The largest absolute Gasteiger partial charge is 0.294 e. The van der Waals surface area contributed by atoms with Gasteiger partial charge in [-0.1, -0.05) is 13.8 Å². The maximum Gasteiger partial charge on any atom is 0.166 e. The lowest BCUT2D eigenvalue weighted by molar-refractivity contribution is 0.0909. The van der Waals surface area contributed by atoms with Gasteiger partial charge >= 0.3 is 0 Å². The SMILES string of the molecule is CC1(C)CC(=O)c2cnc(C3CCS(=O)(=O)C3)nc2C1. The Morgan fingerprint density at radius 3 is 2.70 bits per heavy atom. The molecule has 0 amide bonds. The van der Waals surface area contributed by atoms with E-state index in [1.165, 1.54) is 0 Å². The zero-order valence-corrected chi connectivity index (χ0v) is 12.5. The lowest BCUT2D eigenvalue weighted by Crippen LogP contribution is -2.28. The van der Waals surface area contributed by atoms with Gasteiger partial charge in [0, 0.05) is 18.5 Å². The number of hydrogen-bond acceptors (Lipinski definition) is 5. The van der Waals surface area contributed by atoms with Crippen LogP contribution in [0.25, 0.3) is 0 Å². The van der Waals surface area contributed by atoms with Gasteiger partial charge in [-0.05, 0) is 18.3 Å². The minimum atomic E-state index is -2.95. The summed E-state index contributed by atoms with van der Waals surface area (Å²) in [5.74, 6) is 0.883. The maximum atomic E-state index is 12.1. The Kier molecular flexibility index (Phi) is 2.97. The van der Waals surface area contributed by atoms with E-state index in [4.69, 9.17) is 0 Å². The highest BCUT2D eigenvalue weighted by Crippen LogP contribution is 2.34. The molecule has 1 aliphatic heterocycles. The molecule has 2 aliphatic rings. The predicted octanol–water partition coefficient (Wildman–Crippen LogP) is 1.53. The number of Topliss-reactive ketones (excluding diaryl/α,β-unsaturated/α-hetero) is 1. The van der Waals surface area contributed by atoms with Crippen LogP contribution >= 0.6 is 0 Å². The molecule has 0 bridgehead atoms. The van der Waals surface area contributed by atoms with Crippen molar-refractivity contribution < 1.29 is 13.2 Å². The van der Waals surface area contributed by atoms with E-state index in [2.05, 4.69) is 23.8 Å². The number of carbonyl (C=O) groups excluding carboxylic acids is 1. The van der Waals surface area contributed by atoms with Gasteiger partial charge in [-0.15, -0.1) is 0 Å². The molecule has 1 aromatic heterocycles. The van der Waals surface area contributed by atoms with E-state index in [1.807, 2.05) is 0 Å². The Morgan fingerprint density at radius 2 is 2.05 bits per heavy atom. The van der Waals surface area contributed by atoms with Crippen LogP contribution in [0, 0.1) is 5.41 Å². The quantitative estimate of drug-likeness (QED) is 0.785. The summed E-state index contributed by atoms with van der Waals surface area (Å²) in [6.45, 7) is 4.10. The second-order valence-corrected chi connectivity index (χ2v) is 8.86. The van der Waals surface area contributed by atoms with Crippen LogP contribution in [-0.2, 0) is 16.3 Å². The van der Waals surface area contributed by atoms with E-state index in [-0.39, 0.29) is 28.6 Å². The molecule has 2 heterocycles. The first kappa shape index (κ1) is 13.7. The number of rotatable bonds is 1. The van der Waals surface area contributed by atoms with E-state index >= 15 is 0 Å². The van der Waals surface area contributed by atoms with Crippen LogP contribution in [0.2, 0.25) is 0 Å². The van der Waals surface area contributed by atoms with E-state index in [9.17, 15) is 13.2 Å². The van der Waals surface area contributed by atoms with Gasteiger partial charge in [0.05, 0.1) is 22.8 Å². The molecule has 20 heavy (non-hydrogen) atoms. The Balaban J connectivity index is 1.96. The number of hydrogen-bond donors (Lipinski definition) is 0. The molecule has 0 aromatic carbocycles. The molecule has 108 valence electrons. The number of nitrogens with zero attached hydrogens (tertiary/aromatic N) is 2. The number of aromatic nitrogens is 2. The molecule has 0 radical (unpaired) electrons. The van der Waals surface area contributed by atoms with Crippen molar-refractivity contribution in [2.45, 2.75) is 39.0 Å². The van der Waals surface area contributed by atoms with Crippen molar-refractivity contribution in [3.63, 3.8) is 0 Å². The molecule has 1 aliphatic carbocycles. The average Bonchev–Trinajstić information content (AvgIpc) is 2.67. The standard InChI is InChI=1S/C14H18N2O3S/c1-14(2)5-11-10(12(17)6-14)7-15-13(16-11)9-3-4-20(18,19)8-9/h7,9H,3-6,8H2,1-2H3. The van der Waals surface area contributed by atoms with Crippen molar-refractivity contribution in [1.29, 1.82) is 0 Å². The molecule has 1 aromatic rings. The van der Waals surface area contributed by atoms with Crippen molar-refractivity contribution in [2.75, 3.05) is 11.5 Å². The number of fused-ring (bicyclic) bond motifs is 1. The Bertz CT molecular complexity index is 680. The molecule has 6 heteroatoms. The lowest BCUT2D eigenvalue weighted by Gasteiger charge is -2.29. The van der Waals surface area contributed by atoms with Crippen LogP contribution in [0.15, 0.2) is 6.20 Å². The molecule has 1 saturated heterocycles. The fourth-order valence-electron chi connectivity index (χ4n) is 3.04. The number of sulfone groups is 1. The summed E-state index contributed by atoms with van der Waals surface area (Å²) in [5.41, 5.74) is 1.30. The molecule has 0 N–H and O–H groups in total. The molecule has 0 saturated carbocycles. The molecular formula is C14H18N2O3S. The summed E-state index contributed by atoms with van der Waals surface area (Å²) in [7, 11) is -2.95. The van der Waals surface area contributed by atoms with Gasteiger partial charge in [0.15, 0.2) is 15.6 Å². The Hall–Kier alpha value is -1.30.